The van der Waals surface area contributed by atoms with Gasteiger partial charge in [-0.1, -0.05) is 24.3 Å². The molecule has 0 unspecified atom stereocenters. The van der Waals surface area contributed by atoms with Crippen LogP contribution in [0.4, 0.5) is 15.8 Å². The lowest BCUT2D eigenvalue weighted by atomic mass is 9.92. The van der Waals surface area contributed by atoms with Crippen molar-refractivity contribution in [1.82, 2.24) is 23.9 Å². The zero-order valence-electron chi connectivity index (χ0n) is 31.3. The zero-order valence-corrected chi connectivity index (χ0v) is 31.3. The van der Waals surface area contributed by atoms with E-state index in [1.807, 2.05) is 58.5 Å². The third-order valence-corrected chi connectivity index (χ3v) is 11.0. The fourth-order valence-electron chi connectivity index (χ4n) is 7.87. The van der Waals surface area contributed by atoms with E-state index in [2.05, 4.69) is 22.0 Å². The zero-order chi connectivity index (χ0) is 38.4. The molecule has 0 bridgehead atoms. The number of hydrogen-bond donors (Lipinski definition) is 1. The Kier molecular flexibility index (Phi) is 9.62. The molecule has 1 N–H and O–H groups in total. The molecule has 3 aromatic heterocycles. The highest BCUT2D eigenvalue weighted by Crippen LogP contribution is 2.37. The highest BCUT2D eigenvalue weighted by atomic mass is 19.1. The topological polar surface area (TPSA) is 105 Å². The van der Waals surface area contributed by atoms with Gasteiger partial charge in [-0.2, -0.15) is 0 Å². The second-order valence-corrected chi connectivity index (χ2v) is 14.3. The molecule has 2 aliphatic heterocycles. The summed E-state index contributed by atoms with van der Waals surface area (Å²) in [5.41, 5.74) is 6.19. The summed E-state index contributed by atoms with van der Waals surface area (Å²) in [4.78, 5) is 40.2. The Bertz CT molecular complexity index is 2410. The van der Waals surface area contributed by atoms with Crippen molar-refractivity contribution in [3.8, 4) is 22.8 Å². The number of phenolic OH excluding ortho intramolecular Hbond substituents is 1. The van der Waals surface area contributed by atoms with Crippen LogP contribution in [0.2, 0.25) is 0 Å². The van der Waals surface area contributed by atoms with Crippen LogP contribution in [0.1, 0.15) is 37.5 Å². The lowest BCUT2D eigenvalue weighted by molar-refractivity contribution is 0.0193. The van der Waals surface area contributed by atoms with Gasteiger partial charge in [0, 0.05) is 80.5 Å². The van der Waals surface area contributed by atoms with Gasteiger partial charge in [0.25, 0.3) is 11.8 Å². The van der Waals surface area contributed by atoms with E-state index >= 15 is 4.39 Å². The van der Waals surface area contributed by atoms with Crippen molar-refractivity contribution >= 4 is 34.2 Å². The van der Waals surface area contributed by atoms with Crippen LogP contribution in [-0.2, 0) is 31.8 Å². The highest BCUT2D eigenvalue weighted by molar-refractivity contribution is 6.13. The summed E-state index contributed by atoms with van der Waals surface area (Å²) in [6.45, 7) is 5.76. The molecule has 5 heterocycles. The molecule has 6 aromatic rings. The summed E-state index contributed by atoms with van der Waals surface area (Å²) in [6, 6.07) is 22.8. The van der Waals surface area contributed by atoms with Gasteiger partial charge in [-0.25, -0.2) is 9.37 Å². The number of pyridine rings is 1. The third kappa shape index (κ3) is 6.72. The molecular formula is C43H43FN6O5. The maximum Gasteiger partial charge on any atom is 0.264 e. The number of benzene rings is 3. The minimum atomic E-state index is -0.623. The van der Waals surface area contributed by atoms with Crippen LogP contribution < -0.4 is 9.64 Å². The van der Waals surface area contributed by atoms with E-state index in [1.54, 1.807) is 36.3 Å². The second-order valence-electron chi connectivity index (χ2n) is 14.3. The molecule has 0 saturated carbocycles. The Hall–Kier alpha value is -5.98. The number of ether oxygens (including phenoxy) is 2. The first-order valence-corrected chi connectivity index (χ1v) is 18.4. The molecule has 1 saturated heterocycles. The number of rotatable bonds is 8. The number of hydrogen-bond acceptors (Lipinski definition) is 7. The van der Waals surface area contributed by atoms with Crippen LogP contribution in [0.5, 0.6) is 11.5 Å². The quantitative estimate of drug-likeness (QED) is 0.187. The van der Waals surface area contributed by atoms with Crippen LogP contribution in [0, 0.1) is 12.7 Å². The molecule has 1 fully saturated rings. The Balaban J connectivity index is 1.21. The van der Waals surface area contributed by atoms with Crippen LogP contribution in [0.25, 0.3) is 22.3 Å². The van der Waals surface area contributed by atoms with Gasteiger partial charge in [0.1, 0.15) is 11.4 Å². The summed E-state index contributed by atoms with van der Waals surface area (Å²) >= 11 is 0. The van der Waals surface area contributed by atoms with E-state index in [0.29, 0.717) is 66.6 Å². The number of anilines is 2. The largest absolute Gasteiger partial charge is 0.508 e. The normalized spacial score (nSPS) is 15.9. The molecule has 0 spiro atoms. The molecule has 55 heavy (non-hydrogen) atoms. The van der Waals surface area contributed by atoms with Crippen LogP contribution in [-0.4, -0.2) is 86.8 Å². The van der Waals surface area contributed by atoms with Crippen molar-refractivity contribution in [2.24, 2.45) is 14.1 Å². The molecule has 2 aliphatic rings. The van der Waals surface area contributed by atoms with Crippen molar-refractivity contribution < 1.29 is 28.6 Å². The minimum Gasteiger partial charge on any atom is -0.508 e. The SMILES string of the molecule is COc1cc(C(=O)N2Cc3ccccc3C[C@H]2CN2CCOCC2)c(-c2cc(C(=O)N(c3ccc(O)cc3)c3cnc4c(ccn4C)c3)c(C)n2C)cc1F. The number of amides is 2. The number of fused-ring (bicyclic) bond motifs is 2. The molecule has 2 amide bonds. The number of morpholine rings is 1. The van der Waals surface area contributed by atoms with Crippen molar-refractivity contribution in [2.75, 3.05) is 44.9 Å². The number of methoxy groups -OCH3 is 1. The number of aromatic nitrogens is 3. The van der Waals surface area contributed by atoms with E-state index in [0.717, 1.165) is 29.7 Å². The first kappa shape index (κ1) is 36.0. The standard InChI is InChI=1S/C43H43FN6O5/c1-27-35(43(53)50(31-9-11-34(51)12-10-31)32-20-29-13-14-46(2)41(29)45-24-32)22-39(47(27)3)36-21-38(44)40(54-4)23-37(36)42(52)49-25-30-8-6-5-7-28(30)19-33(49)26-48-15-17-55-18-16-48/h5-14,20-24,33,51H,15-19,25-26H2,1-4H3/t33-/m0/s1. The number of phenols is 1. The Labute approximate surface area is 318 Å². The Morgan fingerprint density at radius 1 is 0.964 bits per heavy atom. The van der Waals surface area contributed by atoms with Crippen molar-refractivity contribution in [3.63, 3.8) is 0 Å². The first-order valence-electron chi connectivity index (χ1n) is 18.4. The Morgan fingerprint density at radius 2 is 1.71 bits per heavy atom. The van der Waals surface area contributed by atoms with Gasteiger partial charge in [-0.15, -0.1) is 0 Å². The number of aryl methyl sites for hydroxylation is 1. The van der Waals surface area contributed by atoms with E-state index in [4.69, 9.17) is 9.47 Å². The van der Waals surface area contributed by atoms with E-state index in [1.165, 1.54) is 36.9 Å². The molecule has 0 aliphatic carbocycles. The maximum atomic E-state index is 15.8. The molecule has 12 heteroatoms. The average molecular weight is 743 g/mol. The smallest absolute Gasteiger partial charge is 0.264 e. The van der Waals surface area contributed by atoms with Gasteiger partial charge in [0.05, 0.1) is 43.3 Å². The Morgan fingerprint density at radius 3 is 2.45 bits per heavy atom. The molecule has 1 atom stereocenters. The molecule has 3 aromatic carbocycles. The number of halogens is 1. The van der Waals surface area contributed by atoms with Crippen molar-refractivity contribution in [1.29, 1.82) is 0 Å². The number of nitrogens with zero attached hydrogens (tertiary/aromatic N) is 6. The fourth-order valence-corrected chi connectivity index (χ4v) is 7.87. The third-order valence-electron chi connectivity index (χ3n) is 11.0. The molecule has 8 rings (SSSR count). The minimum absolute atomic E-state index is 0.0428. The summed E-state index contributed by atoms with van der Waals surface area (Å²) in [6.07, 6.45) is 4.24. The van der Waals surface area contributed by atoms with E-state index in [9.17, 15) is 14.7 Å². The average Bonchev–Trinajstić information content (AvgIpc) is 3.72. The maximum absolute atomic E-state index is 15.8. The van der Waals surface area contributed by atoms with Gasteiger partial charge >= 0.3 is 0 Å². The van der Waals surface area contributed by atoms with Gasteiger partial charge in [0.2, 0.25) is 0 Å². The van der Waals surface area contributed by atoms with E-state index < -0.39 is 5.82 Å². The van der Waals surface area contributed by atoms with E-state index in [-0.39, 0.29) is 34.9 Å². The first-order chi connectivity index (χ1) is 26.6. The fraction of sp³-hybridized carbons (Fsp3) is 0.279. The van der Waals surface area contributed by atoms with Crippen molar-refractivity contribution in [2.45, 2.75) is 25.9 Å². The van der Waals surface area contributed by atoms with Gasteiger partial charge in [0.15, 0.2) is 11.6 Å². The predicted octanol–water partition coefficient (Wildman–Crippen LogP) is 6.62. The number of aromatic hydroxyl groups is 1. The van der Waals surface area contributed by atoms with Gasteiger partial charge in [-0.3, -0.25) is 19.4 Å². The lowest BCUT2D eigenvalue weighted by Crippen LogP contribution is -2.52. The summed E-state index contributed by atoms with van der Waals surface area (Å²) < 4.78 is 30.5. The number of carbonyl (C=O) groups is 2. The molecular weight excluding hydrogens is 700 g/mol. The van der Waals surface area contributed by atoms with Crippen LogP contribution in [0.15, 0.2) is 91.3 Å². The summed E-state index contributed by atoms with van der Waals surface area (Å²) in [5.74, 6) is -1.21. The van der Waals surface area contributed by atoms with Crippen LogP contribution >= 0.6 is 0 Å². The molecule has 0 radical (unpaired) electrons. The lowest BCUT2D eigenvalue weighted by Gasteiger charge is -2.40. The van der Waals surface area contributed by atoms with Gasteiger partial charge in [-0.05, 0) is 79.1 Å². The van der Waals surface area contributed by atoms with Gasteiger partial charge < -0.3 is 28.6 Å². The molecule has 282 valence electrons. The number of carbonyl (C=O) groups excluding carboxylic acids is 2. The summed E-state index contributed by atoms with van der Waals surface area (Å²) in [7, 11) is 5.09. The van der Waals surface area contributed by atoms with Crippen LogP contribution in [0.3, 0.4) is 0 Å². The predicted molar refractivity (Wildman–Crippen MR) is 208 cm³/mol. The highest BCUT2D eigenvalue weighted by Gasteiger charge is 2.35. The summed E-state index contributed by atoms with van der Waals surface area (Å²) in [5, 5.41) is 10.9. The van der Waals surface area contributed by atoms with Crippen molar-refractivity contribution in [3.05, 3.63) is 125 Å². The second kappa shape index (κ2) is 14.7. The monoisotopic (exact) mass is 742 g/mol. The molecule has 11 nitrogen and oxygen atoms in total.